The summed E-state index contributed by atoms with van der Waals surface area (Å²) in [6.07, 6.45) is 3.42. The first kappa shape index (κ1) is 12.3. The van der Waals surface area contributed by atoms with Crippen molar-refractivity contribution < 1.29 is 4.74 Å². The average Bonchev–Trinajstić information content (AvgIpc) is 2.23. The van der Waals surface area contributed by atoms with E-state index in [1.165, 1.54) is 29.5 Å². The highest BCUT2D eigenvalue weighted by molar-refractivity contribution is 5.29. The van der Waals surface area contributed by atoms with E-state index >= 15 is 0 Å². The molecular weight excluding hydrogens is 184 g/mol. The van der Waals surface area contributed by atoms with Gasteiger partial charge in [0.1, 0.15) is 0 Å². The molecule has 0 radical (unpaired) electrons. The summed E-state index contributed by atoms with van der Waals surface area (Å²) >= 11 is 0. The van der Waals surface area contributed by atoms with Crippen LogP contribution in [0.3, 0.4) is 0 Å². The molecule has 0 saturated heterocycles. The molecule has 0 aliphatic carbocycles. The quantitative estimate of drug-likeness (QED) is 0.645. The maximum absolute atomic E-state index is 5.55. The lowest BCUT2D eigenvalue weighted by Crippen LogP contribution is -2.00. The van der Waals surface area contributed by atoms with Gasteiger partial charge in [0.05, 0.1) is 6.61 Å². The van der Waals surface area contributed by atoms with Crippen molar-refractivity contribution in [2.24, 2.45) is 0 Å². The van der Waals surface area contributed by atoms with Crippen LogP contribution in [0.1, 0.15) is 36.5 Å². The van der Waals surface area contributed by atoms with Gasteiger partial charge in [0.25, 0.3) is 0 Å². The van der Waals surface area contributed by atoms with Gasteiger partial charge in [0.2, 0.25) is 0 Å². The fourth-order valence-electron chi connectivity index (χ4n) is 1.50. The molecule has 0 amide bonds. The van der Waals surface area contributed by atoms with Crippen LogP contribution >= 0.6 is 0 Å². The molecule has 0 fully saturated rings. The van der Waals surface area contributed by atoms with Gasteiger partial charge in [-0.1, -0.05) is 31.5 Å². The Morgan fingerprint density at radius 2 is 1.87 bits per heavy atom. The summed E-state index contributed by atoms with van der Waals surface area (Å²) in [5.41, 5.74) is 4.13. The predicted molar refractivity (Wildman–Crippen MR) is 65.3 cm³/mol. The molecule has 15 heavy (non-hydrogen) atoms. The zero-order valence-corrected chi connectivity index (χ0v) is 10.2. The molecule has 0 unspecified atom stereocenters. The van der Waals surface area contributed by atoms with Gasteiger partial charge in [-0.2, -0.15) is 0 Å². The minimum Gasteiger partial charge on any atom is -0.381 e. The van der Waals surface area contributed by atoms with Gasteiger partial charge in [0, 0.05) is 6.61 Å². The lowest BCUT2D eigenvalue weighted by molar-refractivity contribution is 0.134. The molecule has 1 aromatic rings. The molecule has 1 rings (SSSR count). The lowest BCUT2D eigenvalue weighted by Gasteiger charge is -2.06. The lowest BCUT2D eigenvalue weighted by atomic mass is 10.0. The highest BCUT2D eigenvalue weighted by Crippen LogP contribution is 2.10. The number of ether oxygens (including phenoxy) is 1. The summed E-state index contributed by atoms with van der Waals surface area (Å²) in [6, 6.07) is 6.65. The van der Waals surface area contributed by atoms with Crippen LogP contribution in [0.25, 0.3) is 0 Å². The first-order chi connectivity index (χ1) is 7.24. The van der Waals surface area contributed by atoms with Gasteiger partial charge in [-0.15, -0.1) is 0 Å². The molecule has 0 heterocycles. The van der Waals surface area contributed by atoms with Crippen LogP contribution in [-0.4, -0.2) is 13.2 Å². The van der Waals surface area contributed by atoms with Gasteiger partial charge in [-0.05, 0) is 43.4 Å². The zero-order chi connectivity index (χ0) is 11.1. The van der Waals surface area contributed by atoms with E-state index in [9.17, 15) is 0 Å². The van der Waals surface area contributed by atoms with Crippen molar-refractivity contribution >= 4 is 0 Å². The van der Waals surface area contributed by atoms with Gasteiger partial charge >= 0.3 is 0 Å². The highest BCUT2D eigenvalue weighted by Gasteiger charge is 1.96. The molecule has 1 aromatic carbocycles. The second-order valence-electron chi connectivity index (χ2n) is 4.13. The van der Waals surface area contributed by atoms with E-state index in [0.29, 0.717) is 0 Å². The Kier molecular flexibility index (Phi) is 5.41. The van der Waals surface area contributed by atoms with Crippen LogP contribution in [0, 0.1) is 13.8 Å². The van der Waals surface area contributed by atoms with Crippen LogP contribution in [0.5, 0.6) is 0 Å². The smallest absolute Gasteiger partial charge is 0.0506 e. The Balaban J connectivity index is 2.28. The van der Waals surface area contributed by atoms with Crippen LogP contribution in [0.2, 0.25) is 0 Å². The first-order valence-electron chi connectivity index (χ1n) is 5.88. The monoisotopic (exact) mass is 206 g/mol. The van der Waals surface area contributed by atoms with Crippen molar-refractivity contribution in [1.82, 2.24) is 0 Å². The largest absolute Gasteiger partial charge is 0.381 e. The van der Waals surface area contributed by atoms with E-state index < -0.39 is 0 Å². The first-order valence-corrected chi connectivity index (χ1v) is 5.88. The standard InChI is InChI=1S/C14H22O/c1-4-5-9-15-10-8-14-7-6-12(2)13(3)11-14/h6-7,11H,4-5,8-10H2,1-3H3. The molecule has 84 valence electrons. The van der Waals surface area contributed by atoms with Crippen LogP contribution in [-0.2, 0) is 11.2 Å². The fraction of sp³-hybridized carbons (Fsp3) is 0.571. The molecule has 0 aliphatic heterocycles. The Morgan fingerprint density at radius 3 is 2.53 bits per heavy atom. The van der Waals surface area contributed by atoms with Gasteiger partial charge < -0.3 is 4.74 Å². The third-order valence-electron chi connectivity index (χ3n) is 2.75. The minimum atomic E-state index is 0.850. The van der Waals surface area contributed by atoms with Crippen LogP contribution in [0.4, 0.5) is 0 Å². The van der Waals surface area contributed by atoms with Crippen molar-refractivity contribution in [2.75, 3.05) is 13.2 Å². The van der Waals surface area contributed by atoms with Crippen LogP contribution in [0.15, 0.2) is 18.2 Å². The summed E-state index contributed by atoms with van der Waals surface area (Å²) in [6.45, 7) is 8.25. The van der Waals surface area contributed by atoms with Crippen molar-refractivity contribution in [1.29, 1.82) is 0 Å². The van der Waals surface area contributed by atoms with Crippen LogP contribution < -0.4 is 0 Å². The van der Waals surface area contributed by atoms with E-state index in [2.05, 4.69) is 39.0 Å². The second kappa shape index (κ2) is 6.62. The fourth-order valence-corrected chi connectivity index (χ4v) is 1.50. The van der Waals surface area contributed by atoms with Crippen molar-refractivity contribution in [3.63, 3.8) is 0 Å². The molecular formula is C14H22O. The van der Waals surface area contributed by atoms with Gasteiger partial charge in [-0.25, -0.2) is 0 Å². The van der Waals surface area contributed by atoms with E-state index in [-0.39, 0.29) is 0 Å². The molecule has 0 spiro atoms. The maximum atomic E-state index is 5.55. The van der Waals surface area contributed by atoms with Gasteiger partial charge in [0.15, 0.2) is 0 Å². The number of benzene rings is 1. The summed E-state index contributed by atoms with van der Waals surface area (Å²) in [4.78, 5) is 0. The van der Waals surface area contributed by atoms with E-state index in [4.69, 9.17) is 4.74 Å². The third kappa shape index (κ3) is 4.48. The Labute approximate surface area is 93.5 Å². The Bertz CT molecular complexity index is 291. The van der Waals surface area contributed by atoms with Crippen molar-refractivity contribution in [3.05, 3.63) is 34.9 Å². The molecule has 1 heteroatoms. The molecule has 0 atom stereocenters. The topological polar surface area (TPSA) is 9.23 Å². The average molecular weight is 206 g/mol. The molecule has 0 N–H and O–H groups in total. The number of rotatable bonds is 6. The maximum Gasteiger partial charge on any atom is 0.0506 e. The van der Waals surface area contributed by atoms with E-state index in [0.717, 1.165) is 19.6 Å². The molecule has 0 bridgehead atoms. The molecule has 0 aliphatic rings. The van der Waals surface area contributed by atoms with Gasteiger partial charge in [-0.3, -0.25) is 0 Å². The number of aryl methyl sites for hydroxylation is 2. The minimum absolute atomic E-state index is 0.850. The highest BCUT2D eigenvalue weighted by atomic mass is 16.5. The molecule has 0 saturated carbocycles. The summed E-state index contributed by atoms with van der Waals surface area (Å²) in [5, 5.41) is 0. The molecule has 0 aromatic heterocycles. The van der Waals surface area contributed by atoms with Crippen molar-refractivity contribution in [3.8, 4) is 0 Å². The van der Waals surface area contributed by atoms with E-state index in [1.54, 1.807) is 0 Å². The number of unbranched alkanes of at least 4 members (excludes halogenated alkanes) is 1. The SMILES string of the molecule is CCCCOCCc1ccc(C)c(C)c1. The zero-order valence-electron chi connectivity index (χ0n) is 10.2. The second-order valence-corrected chi connectivity index (χ2v) is 4.13. The number of hydrogen-bond acceptors (Lipinski definition) is 1. The Hall–Kier alpha value is -0.820. The summed E-state index contributed by atoms with van der Waals surface area (Å²) < 4.78 is 5.55. The normalized spacial score (nSPS) is 10.6. The van der Waals surface area contributed by atoms with Crippen molar-refractivity contribution in [2.45, 2.75) is 40.0 Å². The number of hydrogen-bond donors (Lipinski definition) is 0. The summed E-state index contributed by atoms with van der Waals surface area (Å²) in [5.74, 6) is 0. The predicted octanol–water partition coefficient (Wildman–Crippen LogP) is 3.66. The summed E-state index contributed by atoms with van der Waals surface area (Å²) in [7, 11) is 0. The molecule has 1 nitrogen and oxygen atoms in total. The third-order valence-corrected chi connectivity index (χ3v) is 2.75. The Morgan fingerprint density at radius 1 is 1.07 bits per heavy atom. The van der Waals surface area contributed by atoms with E-state index in [1.807, 2.05) is 0 Å².